The summed E-state index contributed by atoms with van der Waals surface area (Å²) in [7, 11) is -3.69. The quantitative estimate of drug-likeness (QED) is 0.258. The minimum Gasteiger partial charge on any atom is -0.388 e. The summed E-state index contributed by atoms with van der Waals surface area (Å²) in [4.78, 5) is 77.6. The van der Waals surface area contributed by atoms with Crippen LogP contribution in [0.2, 0.25) is 0 Å². The first-order valence-corrected chi connectivity index (χ1v) is 22.2. The van der Waals surface area contributed by atoms with Gasteiger partial charge < -0.3 is 20.2 Å². The molecule has 2 unspecified atom stereocenters. The van der Waals surface area contributed by atoms with E-state index in [1.165, 1.54) is 20.7 Å². The number of amides is 4. The van der Waals surface area contributed by atoms with E-state index in [2.05, 4.69) is 20.5 Å². The lowest BCUT2D eigenvalue weighted by Crippen LogP contribution is -2.55. The second-order valence-electron chi connectivity index (χ2n) is 17.2. The maximum absolute atomic E-state index is 15.5. The van der Waals surface area contributed by atoms with Crippen LogP contribution in [0.1, 0.15) is 85.0 Å². The number of fused-ring (bicyclic) bond motifs is 2. The van der Waals surface area contributed by atoms with E-state index in [-0.39, 0.29) is 53.2 Å². The second-order valence-corrected chi connectivity index (χ2v) is 19.1. The molecular weight excluding hydrogens is 800 g/mol. The van der Waals surface area contributed by atoms with E-state index in [0.29, 0.717) is 102 Å². The number of piperidine rings is 2. The van der Waals surface area contributed by atoms with E-state index < -0.39 is 51.3 Å². The van der Waals surface area contributed by atoms with Crippen LogP contribution in [-0.2, 0) is 19.8 Å². The third-order valence-corrected chi connectivity index (χ3v) is 15.3. The third kappa shape index (κ3) is 7.35. The number of aromatic nitrogens is 3. The zero-order valence-electron chi connectivity index (χ0n) is 33.4. The van der Waals surface area contributed by atoms with Crippen molar-refractivity contribution in [3.05, 3.63) is 57.8 Å². The topological polar surface area (TPSA) is 211 Å². The monoisotopic (exact) mass is 848 g/mol. The van der Waals surface area contributed by atoms with Crippen molar-refractivity contribution >= 4 is 56.5 Å². The molecule has 18 nitrogen and oxygen atoms in total. The number of benzene rings is 1. The van der Waals surface area contributed by atoms with Crippen LogP contribution >= 0.6 is 0 Å². The van der Waals surface area contributed by atoms with Crippen molar-refractivity contribution in [1.29, 1.82) is 0 Å². The Morgan fingerprint density at radius 1 is 0.917 bits per heavy atom. The molecule has 0 radical (unpaired) electrons. The summed E-state index contributed by atoms with van der Waals surface area (Å²) in [6, 6.07) is 4.02. The van der Waals surface area contributed by atoms with Gasteiger partial charge in [-0.3, -0.25) is 38.8 Å². The molecule has 1 saturated carbocycles. The summed E-state index contributed by atoms with van der Waals surface area (Å²) >= 11 is 0. The van der Waals surface area contributed by atoms with Crippen LogP contribution in [-0.4, -0.2) is 147 Å². The van der Waals surface area contributed by atoms with Crippen LogP contribution in [0.15, 0.2) is 35.3 Å². The van der Waals surface area contributed by atoms with Gasteiger partial charge in [-0.25, -0.2) is 9.37 Å². The number of hydrogen-bond donors (Lipinski definition) is 3. The SMILES string of the molecule is C[C@@]1(O)CCC[C@H]1n1c(=O)ccc2cnc(NC3CCN(S(=O)(=O)N4CCN(CC5CCN(c6cc7c(cc6F)C(=O)N(C6CCC(=O)NC6=O)C7=O)C5)CC4)CC3)nc21. The van der Waals surface area contributed by atoms with Crippen LogP contribution in [0.25, 0.3) is 11.0 Å². The number of carbonyl (C=O) groups excluding carboxylic acids is 4. The van der Waals surface area contributed by atoms with Gasteiger partial charge in [0, 0.05) is 89.0 Å². The fourth-order valence-electron chi connectivity index (χ4n) is 9.95. The molecule has 20 heteroatoms. The fourth-order valence-corrected chi connectivity index (χ4v) is 11.6. The number of anilines is 2. The van der Waals surface area contributed by atoms with Gasteiger partial charge in [0.2, 0.25) is 17.8 Å². The molecule has 1 aromatic carbocycles. The Bertz CT molecular complexity index is 2430. The van der Waals surface area contributed by atoms with Crippen molar-refractivity contribution in [3.8, 4) is 0 Å². The number of aliphatic hydroxyl groups is 1. The maximum atomic E-state index is 15.5. The summed E-state index contributed by atoms with van der Waals surface area (Å²) in [5.74, 6) is -2.75. The second kappa shape index (κ2) is 15.5. The minimum atomic E-state index is -3.69. The molecule has 5 fully saturated rings. The lowest BCUT2D eigenvalue weighted by atomic mass is 10.00. The lowest BCUT2D eigenvalue weighted by molar-refractivity contribution is -0.136. The van der Waals surface area contributed by atoms with Crippen molar-refractivity contribution < 1.29 is 37.1 Å². The summed E-state index contributed by atoms with van der Waals surface area (Å²) in [5.41, 5.74) is -0.642. The van der Waals surface area contributed by atoms with Crippen LogP contribution in [0, 0.1) is 11.7 Å². The average molecular weight is 849 g/mol. The minimum absolute atomic E-state index is 0.00746. The molecule has 4 saturated heterocycles. The number of pyridine rings is 1. The summed E-state index contributed by atoms with van der Waals surface area (Å²) < 4.78 is 47.7. The van der Waals surface area contributed by atoms with Crippen LogP contribution in [0.3, 0.4) is 0 Å². The van der Waals surface area contributed by atoms with Crippen molar-refractivity contribution in [3.63, 3.8) is 0 Å². The maximum Gasteiger partial charge on any atom is 0.282 e. The number of rotatable bonds is 9. The van der Waals surface area contributed by atoms with Crippen molar-refractivity contribution in [1.82, 2.24) is 38.3 Å². The van der Waals surface area contributed by atoms with E-state index in [9.17, 15) is 37.5 Å². The molecule has 3 N–H and O–H groups in total. The number of carbonyl (C=O) groups is 4. The summed E-state index contributed by atoms with van der Waals surface area (Å²) in [5, 5.41) is 17.2. The molecule has 1 aliphatic carbocycles. The molecule has 3 aromatic rings. The third-order valence-electron chi connectivity index (χ3n) is 13.3. The Balaban J connectivity index is 0.763. The van der Waals surface area contributed by atoms with Gasteiger partial charge in [-0.05, 0) is 76.0 Å². The van der Waals surface area contributed by atoms with Crippen LogP contribution < -0.4 is 21.1 Å². The largest absolute Gasteiger partial charge is 0.388 e. The Kier molecular flexibility index (Phi) is 10.5. The highest BCUT2D eigenvalue weighted by Gasteiger charge is 2.46. The van der Waals surface area contributed by atoms with Gasteiger partial charge in [0.25, 0.3) is 27.6 Å². The molecule has 0 spiro atoms. The molecular formula is C40H49FN10O8S. The number of nitrogens with one attached hydrogen (secondary N) is 2. The van der Waals surface area contributed by atoms with E-state index in [1.54, 1.807) is 23.8 Å². The molecule has 320 valence electrons. The van der Waals surface area contributed by atoms with Crippen molar-refractivity contribution in [2.45, 2.75) is 82.0 Å². The number of imide groups is 2. The Labute approximate surface area is 345 Å². The first-order chi connectivity index (χ1) is 28.7. The average Bonchev–Trinajstić information content (AvgIpc) is 3.89. The highest BCUT2D eigenvalue weighted by Crippen LogP contribution is 2.40. The van der Waals surface area contributed by atoms with Crippen LogP contribution in [0.4, 0.5) is 16.0 Å². The first-order valence-electron chi connectivity index (χ1n) is 20.8. The number of halogens is 1. The van der Waals surface area contributed by atoms with E-state index in [1.807, 2.05) is 4.90 Å². The van der Waals surface area contributed by atoms with E-state index >= 15 is 4.39 Å². The van der Waals surface area contributed by atoms with Crippen molar-refractivity contribution in [2.75, 3.05) is 69.1 Å². The first kappa shape index (κ1) is 40.5. The normalized spacial score (nSPS) is 27.6. The number of nitrogens with zero attached hydrogens (tertiary/aromatic N) is 8. The molecule has 7 heterocycles. The van der Waals surface area contributed by atoms with Gasteiger partial charge in [0.05, 0.1) is 28.5 Å². The van der Waals surface area contributed by atoms with Gasteiger partial charge in [-0.2, -0.15) is 22.0 Å². The van der Waals surface area contributed by atoms with Crippen molar-refractivity contribution in [2.24, 2.45) is 5.92 Å². The standard InChI is InChI=1S/C40H49FN10O8S/c1-40(57)11-2-3-32(40)51-34(53)7-4-25-21-42-39(45-35(25)51)43-26-9-13-48(14-10-26)60(58,59)49-17-15-46(16-18-49)22-24-8-12-47(23-24)31-20-28-27(19-29(31)41)37(55)50(38(28)56)30-5-6-33(52)44-36(30)54/h4,7,19-21,24,26,30,32,57H,2-3,5-6,8-18,22-23H2,1H3,(H,42,43,45)(H,44,52,54)/t24?,30?,32-,40-/m1/s1. The highest BCUT2D eigenvalue weighted by atomic mass is 32.2. The molecule has 5 aliphatic heterocycles. The Hall–Kier alpha value is -4.89. The fraction of sp³-hybridized carbons (Fsp3) is 0.575. The smallest absolute Gasteiger partial charge is 0.282 e. The molecule has 4 amide bonds. The van der Waals surface area contributed by atoms with E-state index in [0.717, 1.165) is 23.8 Å². The molecule has 2 aromatic heterocycles. The Morgan fingerprint density at radius 2 is 1.63 bits per heavy atom. The summed E-state index contributed by atoms with van der Waals surface area (Å²) in [6.45, 7) is 5.95. The molecule has 9 rings (SSSR count). The van der Waals surface area contributed by atoms with Gasteiger partial charge >= 0.3 is 0 Å². The molecule has 0 bridgehead atoms. The predicted octanol–water partition coefficient (Wildman–Crippen LogP) is 1.07. The van der Waals surface area contributed by atoms with Gasteiger partial charge in [0.1, 0.15) is 17.5 Å². The van der Waals surface area contributed by atoms with Gasteiger partial charge in [-0.15, -0.1) is 0 Å². The summed E-state index contributed by atoms with van der Waals surface area (Å²) in [6.07, 6.45) is 5.61. The molecule has 6 aliphatic rings. The van der Waals surface area contributed by atoms with E-state index in [4.69, 9.17) is 4.98 Å². The lowest BCUT2D eigenvalue weighted by Gasteiger charge is -2.39. The highest BCUT2D eigenvalue weighted by molar-refractivity contribution is 7.86. The number of hydrogen-bond acceptors (Lipinski definition) is 13. The number of piperazine rings is 1. The van der Waals surface area contributed by atoms with Gasteiger partial charge in [-0.1, -0.05) is 0 Å². The molecule has 60 heavy (non-hydrogen) atoms. The Morgan fingerprint density at radius 3 is 2.33 bits per heavy atom. The molecule has 4 atom stereocenters. The zero-order chi connectivity index (χ0) is 42.1. The van der Waals surface area contributed by atoms with Crippen LogP contribution in [0.5, 0.6) is 0 Å². The van der Waals surface area contributed by atoms with Gasteiger partial charge in [0.15, 0.2) is 0 Å². The zero-order valence-corrected chi connectivity index (χ0v) is 34.2. The predicted molar refractivity (Wildman–Crippen MR) is 216 cm³/mol.